The zero-order chi connectivity index (χ0) is 36.3. The molecule has 0 unspecified atom stereocenters. The van der Waals surface area contributed by atoms with E-state index < -0.39 is 7.14 Å². The SMILES string of the molecule is O=P(c1ccccc1)(c1ccccc1)c1ccc(-c2ccc(-c3nc(-c4ccccc4)nc(-c4ccc(-c5ccccc5)cc4)n3)c3ccccc23)cc1. The standard InChI is InChI=1S/C49H34N3OP/c53-54(40-19-9-3-10-20-40,41-21-11-4-12-22-41)42-31-29-37(30-32-42)43-33-34-46(45-24-14-13-23-44(43)45)49-51-47(38-17-7-2-8-18-38)50-48(52-49)39-27-25-36(26-28-39)35-15-5-1-6-16-35/h1-34H. The number of rotatable bonds is 8. The van der Waals surface area contributed by atoms with Crippen molar-refractivity contribution in [3.63, 3.8) is 0 Å². The van der Waals surface area contributed by atoms with Gasteiger partial charge in [-0.3, -0.25) is 0 Å². The molecule has 0 spiro atoms. The van der Waals surface area contributed by atoms with E-state index in [2.05, 4.69) is 97.1 Å². The lowest BCUT2D eigenvalue weighted by Crippen LogP contribution is -2.24. The Hall–Kier alpha value is -6.74. The molecule has 1 heterocycles. The van der Waals surface area contributed by atoms with E-state index >= 15 is 4.57 Å². The maximum atomic E-state index is 15.0. The van der Waals surface area contributed by atoms with E-state index in [1.54, 1.807) is 0 Å². The normalized spacial score (nSPS) is 11.4. The molecule has 0 atom stereocenters. The summed E-state index contributed by atoms with van der Waals surface area (Å²) in [4.78, 5) is 15.1. The zero-order valence-electron chi connectivity index (χ0n) is 29.3. The van der Waals surface area contributed by atoms with Crippen LogP contribution in [0.1, 0.15) is 0 Å². The summed E-state index contributed by atoms with van der Waals surface area (Å²) in [5.41, 5.74) is 7.17. The van der Waals surface area contributed by atoms with Gasteiger partial charge in [0.2, 0.25) is 0 Å². The van der Waals surface area contributed by atoms with E-state index in [0.717, 1.165) is 65.6 Å². The minimum absolute atomic E-state index is 0.607. The third-order valence-corrected chi connectivity index (χ3v) is 12.9. The van der Waals surface area contributed by atoms with Crippen molar-refractivity contribution in [1.29, 1.82) is 0 Å². The molecule has 0 N–H and O–H groups in total. The highest BCUT2D eigenvalue weighted by Crippen LogP contribution is 2.43. The van der Waals surface area contributed by atoms with Crippen LogP contribution in [0.15, 0.2) is 206 Å². The van der Waals surface area contributed by atoms with Crippen LogP contribution in [-0.2, 0) is 4.57 Å². The molecule has 8 aromatic carbocycles. The van der Waals surface area contributed by atoms with Crippen molar-refractivity contribution >= 4 is 33.8 Å². The van der Waals surface area contributed by atoms with E-state index in [0.29, 0.717) is 17.5 Å². The van der Waals surface area contributed by atoms with Gasteiger partial charge in [-0.15, -0.1) is 0 Å². The van der Waals surface area contributed by atoms with Crippen molar-refractivity contribution in [2.24, 2.45) is 0 Å². The maximum absolute atomic E-state index is 15.0. The van der Waals surface area contributed by atoms with Gasteiger partial charge in [0.05, 0.1) is 0 Å². The molecule has 54 heavy (non-hydrogen) atoms. The number of nitrogens with zero attached hydrogens (tertiary/aromatic N) is 3. The Morgan fingerprint density at radius 1 is 0.278 bits per heavy atom. The Morgan fingerprint density at radius 3 is 1.19 bits per heavy atom. The van der Waals surface area contributed by atoms with Crippen molar-refractivity contribution in [1.82, 2.24) is 15.0 Å². The first kappa shape index (κ1) is 33.1. The topological polar surface area (TPSA) is 55.7 Å². The highest BCUT2D eigenvalue weighted by Gasteiger charge is 2.29. The predicted octanol–water partition coefficient (Wildman–Crippen LogP) is 11.0. The second-order valence-electron chi connectivity index (χ2n) is 13.1. The number of aromatic nitrogens is 3. The summed E-state index contributed by atoms with van der Waals surface area (Å²) in [5.74, 6) is 1.84. The first-order valence-corrected chi connectivity index (χ1v) is 19.7. The Morgan fingerprint density at radius 2 is 0.630 bits per heavy atom. The first-order chi connectivity index (χ1) is 26.6. The van der Waals surface area contributed by atoms with Gasteiger partial charge in [0.15, 0.2) is 24.6 Å². The maximum Gasteiger partial charge on any atom is 0.171 e. The van der Waals surface area contributed by atoms with E-state index in [9.17, 15) is 0 Å². The fourth-order valence-corrected chi connectivity index (χ4v) is 9.75. The fourth-order valence-electron chi connectivity index (χ4n) is 7.10. The van der Waals surface area contributed by atoms with Gasteiger partial charge in [0.1, 0.15) is 0 Å². The van der Waals surface area contributed by atoms with Crippen molar-refractivity contribution in [3.8, 4) is 56.4 Å². The van der Waals surface area contributed by atoms with Crippen molar-refractivity contribution < 1.29 is 4.57 Å². The lowest BCUT2D eigenvalue weighted by atomic mass is 9.94. The van der Waals surface area contributed by atoms with Crippen LogP contribution in [0.4, 0.5) is 0 Å². The molecule has 0 radical (unpaired) electrons. The van der Waals surface area contributed by atoms with Gasteiger partial charge < -0.3 is 4.57 Å². The number of hydrogen-bond donors (Lipinski definition) is 0. The molecule has 0 amide bonds. The Bertz CT molecular complexity index is 2710. The molecule has 9 aromatic rings. The van der Waals surface area contributed by atoms with Gasteiger partial charge in [0.25, 0.3) is 0 Å². The van der Waals surface area contributed by atoms with E-state index in [-0.39, 0.29) is 0 Å². The molecule has 0 aliphatic carbocycles. The van der Waals surface area contributed by atoms with E-state index in [1.807, 2.05) is 109 Å². The van der Waals surface area contributed by atoms with Gasteiger partial charge in [-0.1, -0.05) is 200 Å². The van der Waals surface area contributed by atoms with Gasteiger partial charge in [-0.05, 0) is 39.1 Å². The fraction of sp³-hybridized carbons (Fsp3) is 0. The lowest BCUT2D eigenvalue weighted by Gasteiger charge is -2.20. The molecule has 9 rings (SSSR count). The van der Waals surface area contributed by atoms with Crippen molar-refractivity contribution in [3.05, 3.63) is 206 Å². The molecule has 4 nitrogen and oxygen atoms in total. The van der Waals surface area contributed by atoms with Gasteiger partial charge in [0, 0.05) is 32.6 Å². The highest BCUT2D eigenvalue weighted by atomic mass is 31.2. The molecular formula is C49H34N3OP. The molecule has 0 aliphatic heterocycles. The third-order valence-electron chi connectivity index (χ3n) is 9.86. The van der Waals surface area contributed by atoms with Crippen LogP contribution in [0.3, 0.4) is 0 Å². The molecule has 0 saturated heterocycles. The Balaban J connectivity index is 1.14. The molecule has 0 aliphatic rings. The van der Waals surface area contributed by atoms with Gasteiger partial charge in [-0.2, -0.15) is 0 Å². The van der Waals surface area contributed by atoms with Crippen molar-refractivity contribution in [2.75, 3.05) is 0 Å². The van der Waals surface area contributed by atoms with Crippen LogP contribution in [0.25, 0.3) is 67.2 Å². The Kier molecular flexibility index (Phi) is 8.80. The summed E-state index contributed by atoms with van der Waals surface area (Å²) in [7, 11) is -3.09. The number of benzene rings is 8. The van der Waals surface area contributed by atoms with E-state index in [4.69, 9.17) is 15.0 Å². The third kappa shape index (κ3) is 6.23. The first-order valence-electron chi connectivity index (χ1n) is 18.0. The minimum atomic E-state index is -3.09. The molecule has 5 heteroatoms. The number of hydrogen-bond acceptors (Lipinski definition) is 4. The second kappa shape index (κ2) is 14.4. The van der Waals surface area contributed by atoms with Crippen LogP contribution < -0.4 is 15.9 Å². The lowest BCUT2D eigenvalue weighted by molar-refractivity contribution is 0.592. The molecular weight excluding hydrogens is 678 g/mol. The molecule has 0 bridgehead atoms. The molecule has 0 fully saturated rings. The monoisotopic (exact) mass is 711 g/mol. The zero-order valence-corrected chi connectivity index (χ0v) is 30.2. The average Bonchev–Trinajstić information content (AvgIpc) is 3.27. The van der Waals surface area contributed by atoms with Gasteiger partial charge in [-0.25, -0.2) is 15.0 Å². The molecule has 256 valence electrons. The summed E-state index contributed by atoms with van der Waals surface area (Å²) in [6.07, 6.45) is 0. The average molecular weight is 712 g/mol. The summed E-state index contributed by atoms with van der Waals surface area (Å²) in [5, 5.41) is 4.55. The van der Waals surface area contributed by atoms with Gasteiger partial charge >= 0.3 is 0 Å². The van der Waals surface area contributed by atoms with Crippen LogP contribution in [0.2, 0.25) is 0 Å². The van der Waals surface area contributed by atoms with Crippen LogP contribution >= 0.6 is 7.14 Å². The highest BCUT2D eigenvalue weighted by molar-refractivity contribution is 7.85. The minimum Gasteiger partial charge on any atom is -0.309 e. The van der Waals surface area contributed by atoms with Crippen LogP contribution in [0.5, 0.6) is 0 Å². The Labute approximate surface area is 314 Å². The largest absolute Gasteiger partial charge is 0.309 e. The number of fused-ring (bicyclic) bond motifs is 1. The molecule has 1 aromatic heterocycles. The smallest absolute Gasteiger partial charge is 0.171 e. The second-order valence-corrected chi connectivity index (χ2v) is 15.9. The summed E-state index contributed by atoms with van der Waals surface area (Å²) in [6.45, 7) is 0. The quantitative estimate of drug-likeness (QED) is 0.147. The van der Waals surface area contributed by atoms with Crippen LogP contribution in [-0.4, -0.2) is 15.0 Å². The molecule has 0 saturated carbocycles. The van der Waals surface area contributed by atoms with Crippen LogP contribution in [0, 0.1) is 0 Å². The van der Waals surface area contributed by atoms with E-state index in [1.165, 1.54) is 0 Å². The summed E-state index contributed by atoms with van der Waals surface area (Å²) >= 11 is 0. The summed E-state index contributed by atoms with van der Waals surface area (Å²) in [6, 6.07) is 69.2. The van der Waals surface area contributed by atoms with Crippen molar-refractivity contribution in [2.45, 2.75) is 0 Å². The predicted molar refractivity (Wildman–Crippen MR) is 224 cm³/mol. The summed E-state index contributed by atoms with van der Waals surface area (Å²) < 4.78 is 15.0.